The number of allylic oxidation sites excluding steroid dienone is 18. The summed E-state index contributed by atoms with van der Waals surface area (Å²) in [6.07, 6.45) is 55.1. The predicted octanol–water partition coefficient (Wildman–Crippen LogP) is 14.7. The first-order valence-corrected chi connectivity index (χ1v) is 28.9. The largest absolute Gasteiger partial charge is 0.479 e. The van der Waals surface area contributed by atoms with Crippen LogP contribution in [0.4, 0.5) is 0 Å². The molecule has 12 nitrogen and oxygen atoms in total. The number of ether oxygens (including phenoxy) is 5. The average molecular weight is 1050 g/mol. The number of aliphatic hydroxyl groups is 2. The number of carboxylic acids is 1. The molecule has 1 heterocycles. The van der Waals surface area contributed by atoms with E-state index in [0.717, 1.165) is 103 Å². The fraction of sp³-hybridized carbons (Fsp3) is 0.651. The van der Waals surface area contributed by atoms with Gasteiger partial charge in [0.15, 0.2) is 24.6 Å². The molecule has 0 aromatic carbocycles. The lowest BCUT2D eigenvalue weighted by Gasteiger charge is -2.40. The summed E-state index contributed by atoms with van der Waals surface area (Å²) in [6, 6.07) is 0. The van der Waals surface area contributed by atoms with Crippen LogP contribution in [0.25, 0.3) is 0 Å². The number of esters is 3. The van der Waals surface area contributed by atoms with Crippen molar-refractivity contribution in [2.45, 2.75) is 250 Å². The number of carboxylic acid groups (broad SMARTS) is 1. The number of hydrogen-bond donors (Lipinski definition) is 3. The van der Waals surface area contributed by atoms with E-state index in [4.69, 9.17) is 23.7 Å². The van der Waals surface area contributed by atoms with Crippen LogP contribution >= 0.6 is 0 Å². The summed E-state index contributed by atoms with van der Waals surface area (Å²) >= 11 is 0. The molecule has 0 radical (unpaired) electrons. The molecule has 1 fully saturated rings. The molecule has 6 unspecified atom stereocenters. The highest BCUT2D eigenvalue weighted by Gasteiger charge is 2.50. The molecule has 1 saturated heterocycles. The van der Waals surface area contributed by atoms with E-state index in [0.29, 0.717) is 25.7 Å². The van der Waals surface area contributed by atoms with Gasteiger partial charge in [-0.2, -0.15) is 0 Å². The van der Waals surface area contributed by atoms with E-state index in [1.807, 2.05) is 12.2 Å². The summed E-state index contributed by atoms with van der Waals surface area (Å²) in [5, 5.41) is 31.5. The minimum absolute atomic E-state index is 0.0269. The molecule has 424 valence electrons. The van der Waals surface area contributed by atoms with E-state index in [1.165, 1.54) is 44.9 Å². The third-order valence-corrected chi connectivity index (χ3v) is 12.3. The number of rotatable bonds is 47. The van der Waals surface area contributed by atoms with Crippen LogP contribution in [-0.2, 0) is 42.9 Å². The van der Waals surface area contributed by atoms with Gasteiger partial charge in [0.05, 0.1) is 6.61 Å². The molecule has 1 aliphatic heterocycles. The van der Waals surface area contributed by atoms with Gasteiger partial charge in [0.2, 0.25) is 0 Å². The lowest BCUT2D eigenvalue weighted by molar-refractivity contribution is -0.301. The highest BCUT2D eigenvalue weighted by Crippen LogP contribution is 2.26. The zero-order chi connectivity index (χ0) is 54.7. The second-order valence-corrected chi connectivity index (χ2v) is 19.2. The monoisotopic (exact) mass is 1050 g/mol. The van der Waals surface area contributed by atoms with Crippen LogP contribution in [0.5, 0.6) is 0 Å². The molecule has 0 amide bonds. The van der Waals surface area contributed by atoms with Crippen molar-refractivity contribution in [1.29, 1.82) is 0 Å². The normalized spacial score (nSPS) is 19.0. The maximum Gasteiger partial charge on any atom is 0.335 e. The van der Waals surface area contributed by atoms with E-state index in [1.54, 1.807) is 0 Å². The summed E-state index contributed by atoms with van der Waals surface area (Å²) in [5.41, 5.74) is 0. The maximum absolute atomic E-state index is 13.1. The molecule has 0 spiro atoms. The standard InChI is InChI=1S/C63H100O12/c1-4-7-10-13-16-19-22-25-27-28-30-33-36-39-42-45-48-51-57(66)74-61-59(68)58(67)60(62(69)70)75-63(61)72-53-54(73-56(65)50-47-44-41-38-35-31-24-21-18-15-12-9-6-3)52-71-55(64)49-46-43-40-37-34-32-29-26-23-20-17-14-11-8-5-2/h8-9,11-12,17-18,20-21,25-27,29,31,34-35,37,41,44,54,58-61,63,67-68H,4-7,10,13-16,19,22-24,28,30,32-33,36,38-40,42-43,45-53H2,1-3H3,(H,69,70)/b11-8-,12-9-,20-17-,21-18-,27-25-,29-26-,35-31-,37-34-,44-41-. The third kappa shape index (κ3) is 40.3. The van der Waals surface area contributed by atoms with Gasteiger partial charge >= 0.3 is 23.9 Å². The Morgan fingerprint density at radius 3 is 1.37 bits per heavy atom. The van der Waals surface area contributed by atoms with Crippen LogP contribution < -0.4 is 0 Å². The molecule has 0 saturated carbocycles. The number of carbonyl (C=O) groups excluding carboxylic acids is 3. The van der Waals surface area contributed by atoms with Crippen molar-refractivity contribution in [3.63, 3.8) is 0 Å². The molecular formula is C63H100O12. The summed E-state index contributed by atoms with van der Waals surface area (Å²) in [5.74, 6) is -3.31. The van der Waals surface area contributed by atoms with Crippen molar-refractivity contribution >= 4 is 23.9 Å². The Hall–Kier alpha value is -4.62. The number of hydrogen-bond acceptors (Lipinski definition) is 11. The number of aliphatic carboxylic acids is 1. The summed E-state index contributed by atoms with van der Waals surface area (Å²) < 4.78 is 28.2. The smallest absolute Gasteiger partial charge is 0.335 e. The first-order valence-electron chi connectivity index (χ1n) is 28.9. The Balaban J connectivity index is 2.76. The van der Waals surface area contributed by atoms with E-state index < -0.39 is 67.3 Å². The maximum atomic E-state index is 13.1. The topological polar surface area (TPSA) is 175 Å². The van der Waals surface area contributed by atoms with Gasteiger partial charge in [-0.25, -0.2) is 4.79 Å². The number of unbranched alkanes of at least 4 members (excludes halogenated alkanes) is 15. The Kier molecular flexibility index (Phi) is 45.8. The average Bonchev–Trinajstić information content (AvgIpc) is 3.39. The minimum Gasteiger partial charge on any atom is -0.479 e. The van der Waals surface area contributed by atoms with Gasteiger partial charge in [0, 0.05) is 19.3 Å². The Bertz CT molecular complexity index is 1720. The van der Waals surface area contributed by atoms with Crippen LogP contribution in [-0.4, -0.2) is 89.2 Å². The van der Waals surface area contributed by atoms with Crippen LogP contribution in [0.1, 0.15) is 213 Å². The second kappa shape index (κ2) is 50.2. The van der Waals surface area contributed by atoms with Gasteiger partial charge in [0.25, 0.3) is 0 Å². The summed E-state index contributed by atoms with van der Waals surface area (Å²) in [6.45, 7) is 5.64. The number of carbonyl (C=O) groups is 4. The van der Waals surface area contributed by atoms with E-state index in [2.05, 4.69) is 118 Å². The van der Waals surface area contributed by atoms with Crippen molar-refractivity contribution in [3.05, 3.63) is 109 Å². The quantitative estimate of drug-likeness (QED) is 0.0228. The highest BCUT2D eigenvalue weighted by molar-refractivity contribution is 5.74. The molecular weight excluding hydrogens is 949 g/mol. The van der Waals surface area contributed by atoms with Gasteiger partial charge in [-0.3, -0.25) is 14.4 Å². The zero-order valence-electron chi connectivity index (χ0n) is 46.5. The van der Waals surface area contributed by atoms with Crippen LogP contribution in [0, 0.1) is 0 Å². The van der Waals surface area contributed by atoms with E-state index in [-0.39, 0.29) is 25.9 Å². The van der Waals surface area contributed by atoms with Crippen LogP contribution in [0.2, 0.25) is 0 Å². The zero-order valence-corrected chi connectivity index (χ0v) is 46.5. The third-order valence-electron chi connectivity index (χ3n) is 12.3. The lowest BCUT2D eigenvalue weighted by atomic mass is 9.98. The molecule has 12 heteroatoms. The molecule has 1 rings (SSSR count). The van der Waals surface area contributed by atoms with Crippen molar-refractivity contribution in [2.24, 2.45) is 0 Å². The van der Waals surface area contributed by atoms with Gasteiger partial charge in [-0.1, -0.05) is 194 Å². The number of aliphatic hydroxyl groups excluding tert-OH is 2. The Labute approximate surface area is 453 Å². The SMILES string of the molecule is CC/C=C\C/C=C\C/C=C\C/C=C\CCCCC(=O)OCC(COC1OC(C(=O)O)C(O)C(O)C1OC(=O)CCCCCCCCC/C=C\CCCCCCCC)OC(=O)CC/C=C\C/C=C\C/C=C\C/C=C\CC. The second-order valence-electron chi connectivity index (χ2n) is 19.2. The van der Waals surface area contributed by atoms with Crippen molar-refractivity contribution in [3.8, 4) is 0 Å². The lowest BCUT2D eigenvalue weighted by Crippen LogP contribution is -2.61. The van der Waals surface area contributed by atoms with E-state index in [9.17, 15) is 34.5 Å². The highest BCUT2D eigenvalue weighted by atomic mass is 16.7. The van der Waals surface area contributed by atoms with Gasteiger partial charge in [0.1, 0.15) is 18.8 Å². The fourth-order valence-corrected chi connectivity index (χ4v) is 7.95. The van der Waals surface area contributed by atoms with Crippen molar-refractivity contribution < 1.29 is 58.2 Å². The summed E-state index contributed by atoms with van der Waals surface area (Å²) in [7, 11) is 0. The van der Waals surface area contributed by atoms with Gasteiger partial charge in [-0.15, -0.1) is 0 Å². The van der Waals surface area contributed by atoms with E-state index >= 15 is 0 Å². The molecule has 0 bridgehead atoms. The molecule has 1 aliphatic rings. The van der Waals surface area contributed by atoms with Crippen LogP contribution in [0.3, 0.4) is 0 Å². The molecule has 0 aliphatic carbocycles. The summed E-state index contributed by atoms with van der Waals surface area (Å²) in [4.78, 5) is 51.0. The van der Waals surface area contributed by atoms with Gasteiger partial charge < -0.3 is 39.0 Å². The first-order chi connectivity index (χ1) is 36.6. The Morgan fingerprint density at radius 2 is 0.867 bits per heavy atom. The Morgan fingerprint density at radius 1 is 0.453 bits per heavy atom. The van der Waals surface area contributed by atoms with Crippen molar-refractivity contribution in [2.75, 3.05) is 13.2 Å². The molecule has 0 aromatic heterocycles. The predicted molar refractivity (Wildman–Crippen MR) is 303 cm³/mol. The van der Waals surface area contributed by atoms with Crippen LogP contribution in [0.15, 0.2) is 109 Å². The van der Waals surface area contributed by atoms with Gasteiger partial charge in [-0.05, 0) is 109 Å². The molecule has 0 aromatic rings. The molecule has 3 N–H and O–H groups in total. The first kappa shape index (κ1) is 68.4. The molecule has 75 heavy (non-hydrogen) atoms. The molecule has 6 atom stereocenters. The van der Waals surface area contributed by atoms with Crippen molar-refractivity contribution in [1.82, 2.24) is 0 Å². The minimum atomic E-state index is -1.92. The fourth-order valence-electron chi connectivity index (χ4n) is 7.95.